The lowest BCUT2D eigenvalue weighted by atomic mass is 9.68. The highest BCUT2D eigenvalue weighted by molar-refractivity contribution is 4.92. The molecule has 19 heavy (non-hydrogen) atoms. The normalized spacial score (nSPS) is 30.0. The molecule has 114 valence electrons. The van der Waals surface area contributed by atoms with Crippen LogP contribution >= 0.6 is 0 Å². The van der Waals surface area contributed by atoms with E-state index in [1.165, 1.54) is 19.3 Å². The van der Waals surface area contributed by atoms with E-state index < -0.39 is 0 Å². The highest BCUT2D eigenvalue weighted by atomic mass is 14.5. The molecule has 0 aromatic carbocycles. The summed E-state index contributed by atoms with van der Waals surface area (Å²) in [6.45, 7) is 19.5. The molecule has 0 aromatic rings. The first-order valence-corrected chi connectivity index (χ1v) is 8.75. The molecule has 1 aliphatic rings. The van der Waals surface area contributed by atoms with Crippen molar-refractivity contribution in [1.82, 2.24) is 0 Å². The van der Waals surface area contributed by atoms with Crippen LogP contribution in [-0.4, -0.2) is 0 Å². The molecule has 1 unspecified atom stereocenters. The van der Waals surface area contributed by atoms with Crippen LogP contribution in [0.4, 0.5) is 0 Å². The zero-order valence-corrected chi connectivity index (χ0v) is 14.7. The Kier molecular flexibility index (Phi) is 6.40. The van der Waals surface area contributed by atoms with E-state index in [1.54, 1.807) is 0 Å². The van der Waals surface area contributed by atoms with E-state index in [0.29, 0.717) is 0 Å². The van der Waals surface area contributed by atoms with Crippen molar-refractivity contribution in [3.05, 3.63) is 0 Å². The second-order valence-electron chi connectivity index (χ2n) is 8.51. The van der Waals surface area contributed by atoms with Crippen LogP contribution < -0.4 is 0 Å². The fourth-order valence-electron chi connectivity index (χ4n) is 4.84. The van der Waals surface area contributed by atoms with Crippen molar-refractivity contribution in [2.75, 3.05) is 0 Å². The highest BCUT2D eigenvalue weighted by Crippen LogP contribution is 2.50. The van der Waals surface area contributed by atoms with Gasteiger partial charge in [-0.05, 0) is 66.6 Å². The quantitative estimate of drug-likeness (QED) is 0.532. The summed E-state index contributed by atoms with van der Waals surface area (Å²) < 4.78 is 0. The first-order valence-electron chi connectivity index (χ1n) is 8.75. The van der Waals surface area contributed by atoms with Gasteiger partial charge in [0.1, 0.15) is 0 Å². The summed E-state index contributed by atoms with van der Waals surface area (Å²) in [4.78, 5) is 0. The van der Waals surface area contributed by atoms with Gasteiger partial charge in [-0.25, -0.2) is 0 Å². The van der Waals surface area contributed by atoms with Crippen LogP contribution in [-0.2, 0) is 0 Å². The van der Waals surface area contributed by atoms with Crippen LogP contribution in [0.2, 0.25) is 0 Å². The molecule has 1 fully saturated rings. The lowest BCUT2D eigenvalue weighted by Gasteiger charge is -2.38. The molecule has 0 aliphatic heterocycles. The Bertz CT molecular complexity index is 249. The fraction of sp³-hybridized carbons (Fsp3) is 1.00. The van der Waals surface area contributed by atoms with Crippen molar-refractivity contribution in [2.24, 2.45) is 47.3 Å². The van der Waals surface area contributed by atoms with E-state index in [1.807, 2.05) is 0 Å². The smallest absolute Gasteiger partial charge is 0.0329 e. The first kappa shape index (κ1) is 17.1. The Balaban J connectivity index is 2.89. The molecule has 0 aromatic heterocycles. The van der Waals surface area contributed by atoms with E-state index >= 15 is 0 Å². The summed E-state index contributed by atoms with van der Waals surface area (Å²) in [5.74, 6) is 7.27. The average Bonchev–Trinajstić information content (AvgIpc) is 2.69. The number of hydrogen-bond acceptors (Lipinski definition) is 0. The topological polar surface area (TPSA) is 0 Å². The van der Waals surface area contributed by atoms with Crippen molar-refractivity contribution in [1.29, 1.82) is 0 Å². The van der Waals surface area contributed by atoms with Crippen molar-refractivity contribution < 1.29 is 0 Å². The maximum Gasteiger partial charge on any atom is -0.0329 e. The zero-order chi connectivity index (χ0) is 14.7. The van der Waals surface area contributed by atoms with Crippen LogP contribution in [0.1, 0.15) is 74.7 Å². The maximum absolute atomic E-state index is 2.46. The first-order chi connectivity index (χ1) is 8.75. The van der Waals surface area contributed by atoms with E-state index in [9.17, 15) is 0 Å². The summed E-state index contributed by atoms with van der Waals surface area (Å²) in [6.07, 6.45) is 4.39. The number of rotatable bonds is 6. The van der Waals surface area contributed by atoms with Crippen LogP contribution in [0.3, 0.4) is 0 Å². The SMILES string of the molecule is CC(C)C[C@@H](C(C)C)C1CC[C@H](C(C)C)[C@@H]1C(C)C. The number of hydrogen-bond donors (Lipinski definition) is 0. The maximum atomic E-state index is 2.46. The predicted octanol–water partition coefficient (Wildman–Crippen LogP) is 6.26. The minimum atomic E-state index is 0.846. The minimum Gasteiger partial charge on any atom is -0.0628 e. The van der Waals surface area contributed by atoms with Crippen LogP contribution in [0.25, 0.3) is 0 Å². The van der Waals surface area contributed by atoms with Gasteiger partial charge in [0.2, 0.25) is 0 Å². The summed E-state index contributed by atoms with van der Waals surface area (Å²) >= 11 is 0. The lowest BCUT2D eigenvalue weighted by Crippen LogP contribution is -2.31. The average molecular weight is 267 g/mol. The van der Waals surface area contributed by atoms with Gasteiger partial charge in [-0.2, -0.15) is 0 Å². The van der Waals surface area contributed by atoms with E-state index in [4.69, 9.17) is 0 Å². The monoisotopic (exact) mass is 266 g/mol. The molecule has 0 heterocycles. The Labute approximate surface area is 122 Å². The molecule has 0 bridgehead atoms. The van der Waals surface area contributed by atoms with Crippen molar-refractivity contribution in [3.63, 3.8) is 0 Å². The molecule has 0 amide bonds. The van der Waals surface area contributed by atoms with Gasteiger partial charge in [-0.15, -0.1) is 0 Å². The lowest BCUT2D eigenvalue weighted by molar-refractivity contribution is 0.109. The molecule has 4 atom stereocenters. The van der Waals surface area contributed by atoms with Gasteiger partial charge in [0.05, 0.1) is 0 Å². The molecule has 1 aliphatic carbocycles. The standard InChI is InChI=1S/C19H38/c1-12(2)11-18(14(5)6)17-10-9-16(13(3)4)19(17)15(7)8/h12-19H,9-11H2,1-8H3/t16-,17?,18+,19+/m1/s1. The van der Waals surface area contributed by atoms with Gasteiger partial charge in [-0.1, -0.05) is 55.4 Å². The third kappa shape index (κ3) is 4.23. The molecule has 0 radical (unpaired) electrons. The molecule has 0 heteroatoms. The Morgan fingerprint density at radius 2 is 1.26 bits per heavy atom. The van der Waals surface area contributed by atoms with Gasteiger partial charge >= 0.3 is 0 Å². The van der Waals surface area contributed by atoms with Crippen molar-refractivity contribution >= 4 is 0 Å². The van der Waals surface area contributed by atoms with Gasteiger partial charge < -0.3 is 0 Å². The summed E-state index contributed by atoms with van der Waals surface area (Å²) in [5.41, 5.74) is 0. The van der Waals surface area contributed by atoms with Gasteiger partial charge in [0.15, 0.2) is 0 Å². The van der Waals surface area contributed by atoms with Crippen LogP contribution in [0.15, 0.2) is 0 Å². The van der Waals surface area contributed by atoms with Crippen LogP contribution in [0, 0.1) is 47.3 Å². The van der Waals surface area contributed by atoms with E-state index in [0.717, 1.165) is 47.3 Å². The summed E-state index contributed by atoms with van der Waals surface area (Å²) in [7, 11) is 0. The Morgan fingerprint density at radius 3 is 1.63 bits per heavy atom. The molecular formula is C19H38. The van der Waals surface area contributed by atoms with Crippen LogP contribution in [0.5, 0.6) is 0 Å². The molecule has 0 N–H and O–H groups in total. The van der Waals surface area contributed by atoms with E-state index in [2.05, 4.69) is 55.4 Å². The zero-order valence-electron chi connectivity index (χ0n) is 14.7. The molecule has 1 rings (SSSR count). The predicted molar refractivity (Wildman–Crippen MR) is 87.2 cm³/mol. The van der Waals surface area contributed by atoms with Crippen molar-refractivity contribution in [2.45, 2.75) is 74.7 Å². The molecule has 0 spiro atoms. The van der Waals surface area contributed by atoms with Gasteiger partial charge in [0.25, 0.3) is 0 Å². The third-order valence-electron chi connectivity index (χ3n) is 5.60. The van der Waals surface area contributed by atoms with Crippen molar-refractivity contribution in [3.8, 4) is 0 Å². The fourth-order valence-corrected chi connectivity index (χ4v) is 4.84. The third-order valence-corrected chi connectivity index (χ3v) is 5.60. The molecule has 0 nitrogen and oxygen atoms in total. The summed E-state index contributed by atoms with van der Waals surface area (Å²) in [6, 6.07) is 0. The highest BCUT2D eigenvalue weighted by Gasteiger charge is 2.43. The van der Waals surface area contributed by atoms with E-state index in [-0.39, 0.29) is 0 Å². The second-order valence-corrected chi connectivity index (χ2v) is 8.51. The molecule has 0 saturated heterocycles. The minimum absolute atomic E-state index is 0.846. The molecular weight excluding hydrogens is 228 g/mol. The largest absolute Gasteiger partial charge is 0.0628 e. The Morgan fingerprint density at radius 1 is 0.737 bits per heavy atom. The second kappa shape index (κ2) is 7.14. The molecule has 1 saturated carbocycles. The van der Waals surface area contributed by atoms with Gasteiger partial charge in [0, 0.05) is 0 Å². The van der Waals surface area contributed by atoms with Gasteiger partial charge in [-0.3, -0.25) is 0 Å². The summed E-state index contributed by atoms with van der Waals surface area (Å²) in [5, 5.41) is 0. The Hall–Kier alpha value is 0.